The van der Waals surface area contributed by atoms with Gasteiger partial charge < -0.3 is 14.2 Å². The summed E-state index contributed by atoms with van der Waals surface area (Å²) in [6, 6.07) is 0. The molecule has 1 unspecified atom stereocenters. The molecule has 0 bridgehead atoms. The second kappa shape index (κ2) is 46.8. The molecule has 0 fully saturated rings. The van der Waals surface area contributed by atoms with Gasteiger partial charge in [0.15, 0.2) is 6.10 Å². The van der Waals surface area contributed by atoms with E-state index in [0.717, 1.165) is 96.3 Å². The average Bonchev–Trinajstić information content (AvgIpc) is 3.23. The van der Waals surface area contributed by atoms with Gasteiger partial charge in [-0.05, 0) is 89.9 Å². The summed E-state index contributed by atoms with van der Waals surface area (Å²) < 4.78 is 16.6. The molecule has 332 valence electrons. The van der Waals surface area contributed by atoms with Crippen LogP contribution in [0.5, 0.6) is 0 Å². The van der Waals surface area contributed by atoms with E-state index in [2.05, 4.69) is 75.5 Å². The molecule has 0 aromatic rings. The normalized spacial score (nSPS) is 13.1. The Hall–Kier alpha value is -3.93. The second-order valence-corrected chi connectivity index (χ2v) is 15.0. The number of allylic oxidation sites excluding steroid dienone is 18. The number of hydrogen-bond acceptors (Lipinski definition) is 6. The van der Waals surface area contributed by atoms with Crippen LogP contribution in [0.3, 0.4) is 0 Å². The highest BCUT2D eigenvalue weighted by molar-refractivity contribution is 5.71. The topological polar surface area (TPSA) is 78.9 Å². The number of carbonyl (C=O) groups excluding carboxylic acids is 3. The van der Waals surface area contributed by atoms with Crippen LogP contribution in [0.15, 0.2) is 109 Å². The minimum Gasteiger partial charge on any atom is -0.462 e. The van der Waals surface area contributed by atoms with Crippen molar-refractivity contribution < 1.29 is 28.6 Å². The van der Waals surface area contributed by atoms with Crippen LogP contribution in [0.1, 0.15) is 188 Å². The highest BCUT2D eigenvalue weighted by Crippen LogP contribution is 2.12. The van der Waals surface area contributed by atoms with Crippen molar-refractivity contribution >= 4 is 17.9 Å². The van der Waals surface area contributed by atoms with E-state index in [0.29, 0.717) is 19.3 Å². The number of unbranched alkanes of at least 4 members (excludes halogenated alkanes) is 15. The van der Waals surface area contributed by atoms with Crippen LogP contribution in [-0.2, 0) is 28.6 Å². The zero-order valence-electron chi connectivity index (χ0n) is 37.7. The Morgan fingerprint density at radius 1 is 0.373 bits per heavy atom. The third kappa shape index (κ3) is 45.0. The lowest BCUT2D eigenvalue weighted by Crippen LogP contribution is -2.30. The molecule has 6 nitrogen and oxygen atoms in total. The Labute approximate surface area is 361 Å². The van der Waals surface area contributed by atoms with E-state index in [-0.39, 0.29) is 31.6 Å². The van der Waals surface area contributed by atoms with Gasteiger partial charge >= 0.3 is 17.9 Å². The zero-order chi connectivity index (χ0) is 43.0. The smallest absolute Gasteiger partial charge is 0.306 e. The van der Waals surface area contributed by atoms with Crippen LogP contribution in [0, 0.1) is 0 Å². The van der Waals surface area contributed by atoms with E-state index in [9.17, 15) is 14.4 Å². The predicted molar refractivity (Wildman–Crippen MR) is 251 cm³/mol. The van der Waals surface area contributed by atoms with Crippen molar-refractivity contribution in [2.45, 2.75) is 194 Å². The molecular weight excluding hydrogens is 733 g/mol. The third-order valence-corrected chi connectivity index (χ3v) is 9.37. The molecule has 0 aliphatic rings. The fourth-order valence-electron chi connectivity index (χ4n) is 5.89. The maximum atomic E-state index is 12.7. The van der Waals surface area contributed by atoms with Crippen molar-refractivity contribution in [2.75, 3.05) is 13.2 Å². The van der Waals surface area contributed by atoms with E-state index in [1.54, 1.807) is 0 Å². The van der Waals surface area contributed by atoms with Crippen LogP contribution >= 0.6 is 0 Å². The monoisotopic (exact) mass is 817 g/mol. The molecule has 0 aromatic heterocycles. The Balaban J connectivity index is 4.53. The van der Waals surface area contributed by atoms with Gasteiger partial charge in [-0.3, -0.25) is 14.4 Å². The number of ether oxygens (including phenoxy) is 3. The maximum absolute atomic E-state index is 12.7. The summed E-state index contributed by atoms with van der Waals surface area (Å²) in [5.41, 5.74) is 0. The van der Waals surface area contributed by atoms with Gasteiger partial charge in [0, 0.05) is 19.3 Å². The molecule has 6 heteroatoms. The minimum atomic E-state index is -0.824. The van der Waals surface area contributed by atoms with Crippen LogP contribution in [0.2, 0.25) is 0 Å². The SMILES string of the molecule is CC\C=C/C=C\C=C/C=C\C=C/CCCC(=O)OC(COC(=O)CCCCCCC/C=C\CCCCC)COC(=O)CCCCCCCC/C=C\C/C=C\C/C=C\CC. The van der Waals surface area contributed by atoms with Crippen molar-refractivity contribution in [3.63, 3.8) is 0 Å². The van der Waals surface area contributed by atoms with Crippen molar-refractivity contribution in [1.82, 2.24) is 0 Å². The highest BCUT2D eigenvalue weighted by Gasteiger charge is 2.19. The second-order valence-electron chi connectivity index (χ2n) is 15.0. The number of rotatable bonds is 40. The predicted octanol–water partition coefficient (Wildman–Crippen LogP) is 15.2. The van der Waals surface area contributed by atoms with E-state index in [1.165, 1.54) is 44.9 Å². The molecule has 0 aromatic carbocycles. The first-order valence-corrected chi connectivity index (χ1v) is 23.5. The van der Waals surface area contributed by atoms with Gasteiger partial charge in [-0.2, -0.15) is 0 Å². The molecule has 0 saturated carbocycles. The first kappa shape index (κ1) is 55.1. The molecule has 0 aliphatic heterocycles. The highest BCUT2D eigenvalue weighted by atomic mass is 16.6. The molecule has 0 spiro atoms. The summed E-state index contributed by atoms with van der Waals surface area (Å²) in [4.78, 5) is 37.8. The largest absolute Gasteiger partial charge is 0.462 e. The molecule has 0 rings (SSSR count). The summed E-state index contributed by atoms with van der Waals surface area (Å²) in [5, 5.41) is 0. The lowest BCUT2D eigenvalue weighted by atomic mass is 10.1. The third-order valence-electron chi connectivity index (χ3n) is 9.37. The Morgan fingerprint density at radius 3 is 1.29 bits per heavy atom. The summed E-state index contributed by atoms with van der Waals surface area (Å²) >= 11 is 0. The number of carbonyl (C=O) groups is 3. The fraction of sp³-hybridized carbons (Fsp3) is 0.604. The number of esters is 3. The van der Waals surface area contributed by atoms with Gasteiger partial charge in [-0.15, -0.1) is 0 Å². The first-order chi connectivity index (χ1) is 29.0. The lowest BCUT2D eigenvalue weighted by molar-refractivity contribution is -0.167. The summed E-state index contributed by atoms with van der Waals surface area (Å²) in [6.45, 7) is 6.25. The molecule has 0 amide bonds. The van der Waals surface area contributed by atoms with Crippen molar-refractivity contribution in [3.8, 4) is 0 Å². The molecule has 0 radical (unpaired) electrons. The van der Waals surface area contributed by atoms with Crippen LogP contribution < -0.4 is 0 Å². The van der Waals surface area contributed by atoms with E-state index < -0.39 is 12.1 Å². The quantitative estimate of drug-likeness (QED) is 0.0201. The van der Waals surface area contributed by atoms with Crippen molar-refractivity contribution in [3.05, 3.63) is 109 Å². The molecule has 59 heavy (non-hydrogen) atoms. The molecule has 0 saturated heterocycles. The fourth-order valence-corrected chi connectivity index (χ4v) is 5.89. The lowest BCUT2D eigenvalue weighted by Gasteiger charge is -2.18. The standard InChI is InChI=1S/C53H84O6/c1-4-7-10-13-16-19-22-25-26-27-29-31-34-37-40-43-46-52(55)58-49-50(48-57-51(54)45-42-39-36-33-30-24-21-18-15-12-9-6-3)59-53(56)47-44-41-38-35-32-28-23-20-17-14-11-8-5-2/h7-8,10-11,14,16-21,23,25-26,28,32,35,38,50H,4-6,9,12-13,15,22,24,27,29-31,33-34,36-37,39-49H2,1-3H3/b10-7-,11-8-,17-14-,19-16-,21-18-,23-20-,26-25-,32-28-,38-35-. The van der Waals surface area contributed by atoms with Gasteiger partial charge in [0.25, 0.3) is 0 Å². The number of hydrogen-bond donors (Lipinski definition) is 0. The minimum absolute atomic E-state index is 0.118. The van der Waals surface area contributed by atoms with Crippen molar-refractivity contribution in [2.24, 2.45) is 0 Å². The van der Waals surface area contributed by atoms with Gasteiger partial charge in [-0.1, -0.05) is 188 Å². The van der Waals surface area contributed by atoms with Gasteiger partial charge in [-0.25, -0.2) is 0 Å². The molecule has 0 heterocycles. The Kier molecular flexibility index (Phi) is 43.6. The van der Waals surface area contributed by atoms with Gasteiger partial charge in [0.2, 0.25) is 0 Å². The summed E-state index contributed by atoms with van der Waals surface area (Å²) in [6.07, 6.45) is 62.2. The maximum Gasteiger partial charge on any atom is 0.306 e. The molecule has 0 N–H and O–H groups in total. The summed E-state index contributed by atoms with van der Waals surface area (Å²) in [7, 11) is 0. The van der Waals surface area contributed by atoms with E-state index >= 15 is 0 Å². The first-order valence-electron chi connectivity index (χ1n) is 23.5. The Bertz CT molecular complexity index is 1260. The van der Waals surface area contributed by atoms with Crippen LogP contribution in [0.25, 0.3) is 0 Å². The zero-order valence-corrected chi connectivity index (χ0v) is 37.7. The van der Waals surface area contributed by atoms with Crippen LogP contribution in [0.4, 0.5) is 0 Å². The van der Waals surface area contributed by atoms with Gasteiger partial charge in [0.1, 0.15) is 13.2 Å². The summed E-state index contributed by atoms with van der Waals surface area (Å²) in [5.74, 6) is -1.03. The molecule has 1 atom stereocenters. The average molecular weight is 817 g/mol. The Morgan fingerprint density at radius 2 is 0.763 bits per heavy atom. The van der Waals surface area contributed by atoms with Crippen molar-refractivity contribution in [1.29, 1.82) is 0 Å². The molecule has 0 aliphatic carbocycles. The van der Waals surface area contributed by atoms with E-state index in [1.807, 2.05) is 54.7 Å². The van der Waals surface area contributed by atoms with Gasteiger partial charge in [0.05, 0.1) is 0 Å². The molecular formula is C53H84O6. The van der Waals surface area contributed by atoms with E-state index in [4.69, 9.17) is 14.2 Å². The van der Waals surface area contributed by atoms with Crippen LogP contribution in [-0.4, -0.2) is 37.2 Å².